The van der Waals surface area contributed by atoms with Crippen LogP contribution < -0.4 is 10.6 Å². The van der Waals surface area contributed by atoms with Crippen molar-refractivity contribution in [2.45, 2.75) is 49.0 Å². The van der Waals surface area contributed by atoms with E-state index < -0.39 is 23.4 Å². The number of thioether (sulfide) groups is 1. The lowest BCUT2D eigenvalue weighted by Gasteiger charge is -2.56. The lowest BCUT2D eigenvalue weighted by Crippen LogP contribution is -2.60. The molecule has 4 aliphatic carbocycles. The number of ether oxygens (including phenoxy) is 1. The number of nitro benzene ring substituents is 1. The number of esters is 1. The number of carbonyl (C=O) groups is 3. The van der Waals surface area contributed by atoms with Crippen LogP contribution in [0, 0.1) is 27.9 Å². The highest BCUT2D eigenvalue weighted by atomic mass is 32.2. The second kappa shape index (κ2) is 10.5. The number of hydrogen-bond acceptors (Lipinski definition) is 7. The average molecular weight is 524 g/mol. The molecular weight excluding hydrogens is 494 g/mol. The average Bonchev–Trinajstić information content (AvgIpc) is 2.85. The fraction of sp³-hybridized carbons (Fsp3) is 0.444. The van der Waals surface area contributed by atoms with Gasteiger partial charge in [-0.25, -0.2) is 4.79 Å². The van der Waals surface area contributed by atoms with E-state index >= 15 is 0 Å². The summed E-state index contributed by atoms with van der Waals surface area (Å²) in [5.41, 5.74) is 0.291. The molecule has 0 aliphatic heterocycles. The normalized spacial score (nSPS) is 25.4. The van der Waals surface area contributed by atoms with Gasteiger partial charge < -0.3 is 15.4 Å². The van der Waals surface area contributed by atoms with Crippen LogP contribution in [-0.2, 0) is 14.3 Å². The molecule has 2 N–H and O–H groups in total. The van der Waals surface area contributed by atoms with Crippen LogP contribution in [0.5, 0.6) is 0 Å². The maximum Gasteiger partial charge on any atom is 0.339 e. The van der Waals surface area contributed by atoms with Gasteiger partial charge in [-0.2, -0.15) is 0 Å². The largest absolute Gasteiger partial charge is 0.452 e. The van der Waals surface area contributed by atoms with Crippen molar-refractivity contribution >= 4 is 40.9 Å². The highest BCUT2D eigenvalue weighted by Crippen LogP contribution is 2.55. The minimum Gasteiger partial charge on any atom is -0.452 e. The van der Waals surface area contributed by atoms with Gasteiger partial charge in [0.15, 0.2) is 6.61 Å². The number of nitrogens with one attached hydrogen (secondary N) is 2. The van der Waals surface area contributed by atoms with E-state index in [1.807, 2.05) is 0 Å². The third-order valence-corrected chi connectivity index (χ3v) is 8.66. The van der Waals surface area contributed by atoms with Crippen molar-refractivity contribution in [2.24, 2.45) is 17.8 Å². The molecule has 4 saturated carbocycles. The zero-order valence-electron chi connectivity index (χ0n) is 20.3. The second-order valence-corrected chi connectivity index (χ2v) is 11.5. The Kier molecular flexibility index (Phi) is 7.19. The van der Waals surface area contributed by atoms with E-state index in [2.05, 4.69) is 10.6 Å². The van der Waals surface area contributed by atoms with E-state index in [1.165, 1.54) is 55.3 Å². The highest BCUT2D eigenvalue weighted by Gasteiger charge is 2.51. The van der Waals surface area contributed by atoms with Gasteiger partial charge >= 0.3 is 5.97 Å². The Morgan fingerprint density at radius 2 is 1.65 bits per heavy atom. The summed E-state index contributed by atoms with van der Waals surface area (Å²) in [5.74, 6) is 1.09. The third-order valence-electron chi connectivity index (χ3n) is 7.58. The lowest BCUT2D eigenvalue weighted by molar-refractivity contribution is -0.384. The van der Waals surface area contributed by atoms with Gasteiger partial charge in [-0.3, -0.25) is 19.7 Å². The van der Waals surface area contributed by atoms with Crippen molar-refractivity contribution in [1.29, 1.82) is 0 Å². The number of anilines is 1. The third kappa shape index (κ3) is 5.95. The van der Waals surface area contributed by atoms with Gasteiger partial charge in [-0.1, -0.05) is 18.2 Å². The van der Waals surface area contributed by atoms with Crippen molar-refractivity contribution in [3.63, 3.8) is 0 Å². The molecule has 37 heavy (non-hydrogen) atoms. The number of carbonyl (C=O) groups excluding carboxylic acids is 3. The second-order valence-electron chi connectivity index (χ2n) is 10.5. The number of amides is 2. The van der Waals surface area contributed by atoms with Gasteiger partial charge in [-0.05, 0) is 74.5 Å². The van der Waals surface area contributed by atoms with Crippen LogP contribution in [0.2, 0.25) is 0 Å². The fourth-order valence-corrected chi connectivity index (χ4v) is 7.44. The van der Waals surface area contributed by atoms with E-state index in [9.17, 15) is 24.5 Å². The first-order valence-electron chi connectivity index (χ1n) is 12.5. The number of nitrogens with zero attached hydrogens (tertiary/aromatic N) is 1. The summed E-state index contributed by atoms with van der Waals surface area (Å²) in [6.07, 6.45) is 7.16. The molecule has 0 aromatic heterocycles. The van der Waals surface area contributed by atoms with Gasteiger partial charge in [0.05, 0.1) is 16.2 Å². The topological polar surface area (TPSA) is 128 Å². The molecular formula is C27H29N3O6S. The minimum absolute atomic E-state index is 0.0218. The zero-order chi connectivity index (χ0) is 26.0. The summed E-state index contributed by atoms with van der Waals surface area (Å²) >= 11 is 1.28. The summed E-state index contributed by atoms with van der Waals surface area (Å²) < 4.78 is 5.18. The maximum absolute atomic E-state index is 12.9. The van der Waals surface area contributed by atoms with Crippen LogP contribution in [0.1, 0.15) is 48.9 Å². The van der Waals surface area contributed by atoms with Crippen LogP contribution in [-0.4, -0.2) is 40.6 Å². The van der Waals surface area contributed by atoms with Gasteiger partial charge in [0.1, 0.15) is 0 Å². The van der Waals surface area contributed by atoms with E-state index in [1.54, 1.807) is 24.3 Å². The minimum atomic E-state index is -0.682. The van der Waals surface area contributed by atoms with Crippen LogP contribution >= 0.6 is 11.8 Å². The molecule has 10 heteroatoms. The molecule has 0 heterocycles. The number of benzene rings is 2. The Balaban J connectivity index is 1.13. The SMILES string of the molecule is O=C(COC(=O)c1ccccc1SCC(=O)NC12CC3CC(CC(C3)C1)C2)Nc1cccc([N+](=O)[O-])c1. The fourth-order valence-electron chi connectivity index (χ4n) is 6.60. The standard InChI is InChI=1S/C27H29N3O6S/c31-24(28-20-4-3-5-21(11-20)30(34)35)15-36-26(33)22-6-1-2-7-23(22)37-16-25(32)29-27-12-17-8-18(13-27)10-19(9-17)14-27/h1-7,11,17-19H,8-10,12-16H2,(H,28,31)(H,29,32). The molecule has 9 nitrogen and oxygen atoms in total. The van der Waals surface area contributed by atoms with Crippen molar-refractivity contribution in [3.8, 4) is 0 Å². The van der Waals surface area contributed by atoms with E-state index in [0.29, 0.717) is 4.90 Å². The smallest absolute Gasteiger partial charge is 0.339 e. The molecule has 0 unspecified atom stereocenters. The first-order valence-corrected chi connectivity index (χ1v) is 13.5. The summed E-state index contributed by atoms with van der Waals surface area (Å²) in [6, 6.07) is 12.3. The van der Waals surface area contributed by atoms with E-state index in [-0.39, 0.29) is 34.1 Å². The summed E-state index contributed by atoms with van der Waals surface area (Å²) in [4.78, 5) is 48.8. The number of hydrogen-bond donors (Lipinski definition) is 2. The Morgan fingerprint density at radius 1 is 0.973 bits per heavy atom. The first-order chi connectivity index (χ1) is 17.8. The predicted molar refractivity (Wildman–Crippen MR) is 138 cm³/mol. The summed E-state index contributed by atoms with van der Waals surface area (Å²) in [7, 11) is 0. The monoisotopic (exact) mass is 523 g/mol. The zero-order valence-corrected chi connectivity index (χ0v) is 21.1. The molecule has 0 atom stereocenters. The maximum atomic E-state index is 12.9. The first kappa shape index (κ1) is 25.3. The van der Waals surface area contributed by atoms with Crippen LogP contribution in [0.15, 0.2) is 53.4 Å². The molecule has 2 aromatic rings. The van der Waals surface area contributed by atoms with Crippen molar-refractivity contribution in [2.75, 3.05) is 17.7 Å². The summed E-state index contributed by atoms with van der Waals surface area (Å²) in [6.45, 7) is -0.549. The highest BCUT2D eigenvalue weighted by molar-refractivity contribution is 8.00. The Morgan fingerprint density at radius 3 is 2.32 bits per heavy atom. The summed E-state index contributed by atoms with van der Waals surface area (Å²) in [5, 5.41) is 16.7. The van der Waals surface area contributed by atoms with E-state index in [0.717, 1.165) is 37.0 Å². The molecule has 2 amide bonds. The van der Waals surface area contributed by atoms with Gasteiger partial charge in [0.2, 0.25) is 5.91 Å². The number of non-ortho nitro benzene ring substituents is 1. The quantitative estimate of drug-likeness (QED) is 0.213. The molecule has 4 fully saturated rings. The van der Waals surface area contributed by atoms with Crippen LogP contribution in [0.4, 0.5) is 11.4 Å². The molecule has 4 aliphatic rings. The lowest BCUT2D eigenvalue weighted by atomic mass is 9.53. The Labute approximate surface area is 218 Å². The van der Waals surface area contributed by atoms with Crippen molar-refractivity contribution in [3.05, 3.63) is 64.2 Å². The number of nitro groups is 1. The van der Waals surface area contributed by atoms with Gasteiger partial charge in [0, 0.05) is 28.3 Å². The Bertz CT molecular complexity index is 1200. The molecule has 0 radical (unpaired) electrons. The predicted octanol–water partition coefficient (Wildman–Crippen LogP) is 4.57. The molecule has 2 aromatic carbocycles. The molecule has 0 spiro atoms. The van der Waals surface area contributed by atoms with Crippen molar-refractivity contribution < 1.29 is 24.0 Å². The Hall–Kier alpha value is -3.40. The molecule has 4 bridgehead atoms. The van der Waals surface area contributed by atoms with Gasteiger partial charge in [0.25, 0.3) is 11.6 Å². The molecule has 0 saturated heterocycles. The van der Waals surface area contributed by atoms with Crippen LogP contribution in [0.3, 0.4) is 0 Å². The van der Waals surface area contributed by atoms with Crippen LogP contribution in [0.25, 0.3) is 0 Å². The van der Waals surface area contributed by atoms with E-state index in [4.69, 9.17) is 4.74 Å². The molecule has 194 valence electrons. The number of rotatable bonds is 9. The molecule has 6 rings (SSSR count). The van der Waals surface area contributed by atoms with Gasteiger partial charge in [-0.15, -0.1) is 11.8 Å². The van der Waals surface area contributed by atoms with Crippen molar-refractivity contribution in [1.82, 2.24) is 5.32 Å².